The molecule has 11 heavy (non-hydrogen) atoms. The standard InChI is InChI=1S/C7H11NO3/c9-7-4-11-6(1-8-7)5-2-10-3-5/h5-6H,1-4H2,(H,8,9). The molecule has 0 aromatic rings. The van der Waals surface area contributed by atoms with Crippen LogP contribution in [0, 0.1) is 5.92 Å². The first-order valence-electron chi connectivity index (χ1n) is 3.82. The molecule has 0 bridgehead atoms. The summed E-state index contributed by atoms with van der Waals surface area (Å²) in [5.74, 6) is 0.483. The number of hydrogen-bond donors (Lipinski definition) is 1. The lowest BCUT2D eigenvalue weighted by molar-refractivity contribution is -0.149. The van der Waals surface area contributed by atoms with Crippen LogP contribution in [0.25, 0.3) is 0 Å². The average Bonchev–Trinajstić information content (AvgIpc) is 1.90. The summed E-state index contributed by atoms with van der Waals surface area (Å²) in [7, 11) is 0. The van der Waals surface area contributed by atoms with Crippen molar-refractivity contribution in [2.24, 2.45) is 5.92 Å². The van der Waals surface area contributed by atoms with Crippen LogP contribution < -0.4 is 5.32 Å². The third kappa shape index (κ3) is 1.36. The van der Waals surface area contributed by atoms with Gasteiger partial charge in [0.1, 0.15) is 6.61 Å². The fraction of sp³-hybridized carbons (Fsp3) is 0.857. The fourth-order valence-corrected chi connectivity index (χ4v) is 1.28. The summed E-state index contributed by atoms with van der Waals surface area (Å²) < 4.78 is 10.3. The van der Waals surface area contributed by atoms with Crippen LogP contribution in [0.3, 0.4) is 0 Å². The molecule has 4 nitrogen and oxygen atoms in total. The van der Waals surface area contributed by atoms with Crippen LogP contribution >= 0.6 is 0 Å². The molecule has 0 aromatic heterocycles. The van der Waals surface area contributed by atoms with Crippen molar-refractivity contribution in [1.82, 2.24) is 5.32 Å². The Morgan fingerprint density at radius 2 is 2.27 bits per heavy atom. The number of nitrogens with one attached hydrogen (secondary N) is 1. The molecular weight excluding hydrogens is 146 g/mol. The van der Waals surface area contributed by atoms with Gasteiger partial charge < -0.3 is 14.8 Å². The summed E-state index contributed by atoms with van der Waals surface area (Å²) in [6.45, 7) is 2.41. The van der Waals surface area contributed by atoms with Gasteiger partial charge in [-0.05, 0) is 0 Å². The zero-order valence-corrected chi connectivity index (χ0v) is 6.21. The highest BCUT2D eigenvalue weighted by Gasteiger charge is 2.31. The highest BCUT2D eigenvalue weighted by atomic mass is 16.5. The molecule has 1 amide bonds. The molecule has 0 aromatic carbocycles. The van der Waals surface area contributed by atoms with Gasteiger partial charge in [0, 0.05) is 12.5 Å². The highest BCUT2D eigenvalue weighted by Crippen LogP contribution is 2.18. The smallest absolute Gasteiger partial charge is 0.246 e. The Labute approximate surface area is 64.9 Å². The van der Waals surface area contributed by atoms with E-state index in [4.69, 9.17) is 9.47 Å². The third-order valence-electron chi connectivity index (χ3n) is 2.12. The molecule has 2 rings (SSSR count). The molecule has 0 aliphatic carbocycles. The molecule has 4 heteroatoms. The van der Waals surface area contributed by atoms with Crippen LogP contribution in [0.15, 0.2) is 0 Å². The van der Waals surface area contributed by atoms with E-state index in [-0.39, 0.29) is 18.6 Å². The van der Waals surface area contributed by atoms with Crippen LogP contribution in [-0.4, -0.2) is 38.4 Å². The summed E-state index contributed by atoms with van der Waals surface area (Å²) in [5.41, 5.74) is 0. The lowest BCUT2D eigenvalue weighted by atomic mass is 10.00. The molecule has 0 radical (unpaired) electrons. The monoisotopic (exact) mass is 157 g/mol. The van der Waals surface area contributed by atoms with E-state index in [1.54, 1.807) is 0 Å². The molecule has 2 aliphatic heterocycles. The Bertz CT molecular complexity index is 157. The minimum atomic E-state index is -0.0125. The minimum absolute atomic E-state index is 0.0125. The first-order chi connectivity index (χ1) is 5.36. The van der Waals surface area contributed by atoms with Gasteiger partial charge in [0.05, 0.1) is 19.3 Å². The number of rotatable bonds is 1. The Kier molecular flexibility index (Phi) is 1.79. The van der Waals surface area contributed by atoms with Crippen molar-refractivity contribution >= 4 is 5.91 Å². The summed E-state index contributed by atoms with van der Waals surface area (Å²) in [6.07, 6.45) is 0.182. The summed E-state index contributed by atoms with van der Waals surface area (Å²) in [6, 6.07) is 0. The lowest BCUT2D eigenvalue weighted by Crippen LogP contribution is -2.51. The maximum absolute atomic E-state index is 10.7. The molecular formula is C7H11NO3. The number of amides is 1. The van der Waals surface area contributed by atoms with Gasteiger partial charge in [-0.25, -0.2) is 0 Å². The van der Waals surface area contributed by atoms with E-state index in [9.17, 15) is 4.79 Å². The average molecular weight is 157 g/mol. The minimum Gasteiger partial charge on any atom is -0.380 e. The van der Waals surface area contributed by atoms with E-state index in [0.717, 1.165) is 13.2 Å². The van der Waals surface area contributed by atoms with Crippen molar-refractivity contribution in [2.75, 3.05) is 26.4 Å². The van der Waals surface area contributed by atoms with Gasteiger partial charge in [-0.2, -0.15) is 0 Å². The van der Waals surface area contributed by atoms with Gasteiger partial charge >= 0.3 is 0 Å². The zero-order chi connectivity index (χ0) is 7.68. The number of carbonyl (C=O) groups is 1. The Hall–Kier alpha value is -0.610. The predicted molar refractivity (Wildman–Crippen MR) is 37.1 cm³/mol. The van der Waals surface area contributed by atoms with Crippen LogP contribution in [0.4, 0.5) is 0 Å². The molecule has 0 saturated carbocycles. The predicted octanol–water partition coefficient (Wildman–Crippen LogP) is -0.852. The first kappa shape index (κ1) is 7.06. The van der Waals surface area contributed by atoms with Gasteiger partial charge in [-0.1, -0.05) is 0 Å². The quantitative estimate of drug-likeness (QED) is 0.539. The van der Waals surface area contributed by atoms with Gasteiger partial charge in [0.2, 0.25) is 5.91 Å². The largest absolute Gasteiger partial charge is 0.380 e. The van der Waals surface area contributed by atoms with Crippen molar-refractivity contribution in [1.29, 1.82) is 0 Å². The van der Waals surface area contributed by atoms with E-state index >= 15 is 0 Å². The molecule has 2 heterocycles. The molecule has 2 aliphatic rings. The molecule has 2 fully saturated rings. The Morgan fingerprint density at radius 1 is 1.45 bits per heavy atom. The molecule has 1 N–H and O–H groups in total. The van der Waals surface area contributed by atoms with E-state index in [1.165, 1.54) is 0 Å². The second-order valence-corrected chi connectivity index (χ2v) is 2.95. The summed E-state index contributed by atoms with van der Waals surface area (Å²) >= 11 is 0. The normalized spacial score (nSPS) is 32.7. The maximum atomic E-state index is 10.7. The highest BCUT2D eigenvalue weighted by molar-refractivity contribution is 5.77. The first-order valence-corrected chi connectivity index (χ1v) is 3.82. The number of morpholine rings is 1. The van der Waals surface area contributed by atoms with Crippen LogP contribution in [0.1, 0.15) is 0 Å². The van der Waals surface area contributed by atoms with Gasteiger partial charge in [0.25, 0.3) is 0 Å². The number of hydrogen-bond acceptors (Lipinski definition) is 3. The second kappa shape index (κ2) is 2.79. The third-order valence-corrected chi connectivity index (χ3v) is 2.12. The van der Waals surface area contributed by atoms with Crippen molar-refractivity contribution in [3.8, 4) is 0 Å². The SMILES string of the molecule is O=C1COC(C2COC2)CN1. The second-order valence-electron chi connectivity index (χ2n) is 2.95. The topological polar surface area (TPSA) is 47.6 Å². The summed E-state index contributed by atoms with van der Waals surface area (Å²) in [5, 5.41) is 2.76. The Balaban J connectivity index is 1.82. The van der Waals surface area contributed by atoms with Gasteiger partial charge in [-0.15, -0.1) is 0 Å². The van der Waals surface area contributed by atoms with Crippen molar-refractivity contribution in [2.45, 2.75) is 6.10 Å². The van der Waals surface area contributed by atoms with Crippen LogP contribution in [-0.2, 0) is 14.3 Å². The summed E-state index contributed by atoms with van der Waals surface area (Å²) in [4.78, 5) is 10.7. The molecule has 0 spiro atoms. The molecule has 1 unspecified atom stereocenters. The lowest BCUT2D eigenvalue weighted by Gasteiger charge is -2.35. The molecule has 1 atom stereocenters. The fourth-order valence-electron chi connectivity index (χ4n) is 1.28. The van der Waals surface area contributed by atoms with E-state index < -0.39 is 0 Å². The van der Waals surface area contributed by atoms with E-state index in [0.29, 0.717) is 12.5 Å². The van der Waals surface area contributed by atoms with Crippen molar-refractivity contribution < 1.29 is 14.3 Å². The van der Waals surface area contributed by atoms with E-state index in [2.05, 4.69) is 5.32 Å². The van der Waals surface area contributed by atoms with Crippen LogP contribution in [0.2, 0.25) is 0 Å². The van der Waals surface area contributed by atoms with Crippen molar-refractivity contribution in [3.05, 3.63) is 0 Å². The molecule has 62 valence electrons. The zero-order valence-electron chi connectivity index (χ0n) is 6.21. The van der Waals surface area contributed by atoms with Crippen LogP contribution in [0.5, 0.6) is 0 Å². The number of carbonyl (C=O) groups excluding carboxylic acids is 1. The van der Waals surface area contributed by atoms with Gasteiger partial charge in [-0.3, -0.25) is 4.79 Å². The Morgan fingerprint density at radius 3 is 2.73 bits per heavy atom. The van der Waals surface area contributed by atoms with E-state index in [1.807, 2.05) is 0 Å². The number of ether oxygens (including phenoxy) is 2. The van der Waals surface area contributed by atoms with Crippen molar-refractivity contribution in [3.63, 3.8) is 0 Å². The molecule has 2 saturated heterocycles. The van der Waals surface area contributed by atoms with Gasteiger partial charge in [0.15, 0.2) is 0 Å². The maximum Gasteiger partial charge on any atom is 0.246 e.